The lowest BCUT2D eigenvalue weighted by Crippen LogP contribution is -2.35. The van der Waals surface area contributed by atoms with Gasteiger partial charge in [-0.15, -0.1) is 0 Å². The van der Waals surface area contributed by atoms with Gasteiger partial charge in [-0.1, -0.05) is 6.07 Å². The number of rotatable bonds is 7. The average molecular weight is 333 g/mol. The first-order chi connectivity index (χ1) is 11.6. The van der Waals surface area contributed by atoms with E-state index in [1.165, 1.54) is 0 Å². The molecular weight excluding hydrogens is 306 g/mol. The number of likely N-dealkylation sites (tertiary alicyclic amines) is 1. The number of nitrogens with zero attached hydrogens (tertiary/aromatic N) is 1. The van der Waals surface area contributed by atoms with Crippen LogP contribution in [0.4, 0.5) is 0 Å². The lowest BCUT2D eigenvalue weighted by Gasteiger charge is -2.30. The molecule has 1 aromatic rings. The van der Waals surface area contributed by atoms with Gasteiger partial charge in [0.15, 0.2) is 11.5 Å². The van der Waals surface area contributed by atoms with Crippen molar-refractivity contribution in [1.29, 1.82) is 0 Å². The zero-order chi connectivity index (χ0) is 17.1. The third-order valence-corrected chi connectivity index (χ3v) is 5.16. The van der Waals surface area contributed by atoms with Crippen molar-refractivity contribution in [2.45, 2.75) is 44.1 Å². The molecule has 1 heterocycles. The molecule has 0 bridgehead atoms. The number of methoxy groups -OCH3 is 1. The highest BCUT2D eigenvalue weighted by Crippen LogP contribution is 2.46. The molecule has 1 saturated carbocycles. The predicted molar refractivity (Wildman–Crippen MR) is 91.9 cm³/mol. The summed E-state index contributed by atoms with van der Waals surface area (Å²) in [7, 11) is 3.77. The molecule has 1 atom stereocenters. The highest BCUT2D eigenvalue weighted by atomic mass is 16.5. The zero-order valence-corrected chi connectivity index (χ0v) is 14.5. The summed E-state index contributed by atoms with van der Waals surface area (Å²) >= 11 is 0. The van der Waals surface area contributed by atoms with Crippen LogP contribution in [0.1, 0.15) is 43.6 Å². The summed E-state index contributed by atoms with van der Waals surface area (Å²) in [6.45, 7) is 2.08. The van der Waals surface area contributed by atoms with E-state index in [0.29, 0.717) is 5.92 Å². The molecule has 1 N–H and O–H groups in total. The molecular formula is C19H27NO4. The maximum absolute atomic E-state index is 11.2. The number of piperidine rings is 1. The average Bonchev–Trinajstić information content (AvgIpc) is 3.39. The molecule has 1 aromatic carbocycles. The fraction of sp³-hybridized carbons (Fsp3) is 0.632. The maximum atomic E-state index is 11.2. The summed E-state index contributed by atoms with van der Waals surface area (Å²) < 4.78 is 11.7. The van der Waals surface area contributed by atoms with Crippen LogP contribution in [0.2, 0.25) is 0 Å². The van der Waals surface area contributed by atoms with Gasteiger partial charge in [0.1, 0.15) is 6.10 Å². The molecule has 132 valence electrons. The highest BCUT2D eigenvalue weighted by molar-refractivity contribution is 5.68. The summed E-state index contributed by atoms with van der Waals surface area (Å²) in [6, 6.07) is 5.91. The number of hydrogen-bond acceptors (Lipinski definition) is 4. The van der Waals surface area contributed by atoms with Crippen LogP contribution in [0.15, 0.2) is 18.2 Å². The van der Waals surface area contributed by atoms with Gasteiger partial charge >= 0.3 is 5.97 Å². The molecule has 1 saturated heterocycles. The van der Waals surface area contributed by atoms with E-state index in [0.717, 1.165) is 55.8 Å². The molecule has 5 nitrogen and oxygen atoms in total. The Bertz CT molecular complexity index is 577. The quantitative estimate of drug-likeness (QED) is 0.831. The second kappa shape index (κ2) is 7.43. The Morgan fingerprint density at radius 1 is 1.25 bits per heavy atom. The first-order valence-corrected chi connectivity index (χ1v) is 8.81. The Labute approximate surface area is 143 Å². The van der Waals surface area contributed by atoms with Crippen molar-refractivity contribution < 1.29 is 19.4 Å². The fourth-order valence-electron chi connectivity index (χ4n) is 3.54. The third kappa shape index (κ3) is 4.20. The minimum atomic E-state index is -0.736. The van der Waals surface area contributed by atoms with Crippen molar-refractivity contribution in [1.82, 2.24) is 4.90 Å². The highest BCUT2D eigenvalue weighted by Gasteiger charge is 2.34. The van der Waals surface area contributed by atoms with Crippen molar-refractivity contribution in [3.8, 4) is 11.5 Å². The van der Waals surface area contributed by atoms with Gasteiger partial charge in [-0.05, 0) is 62.3 Å². The van der Waals surface area contributed by atoms with E-state index in [1.807, 2.05) is 18.2 Å². The van der Waals surface area contributed by atoms with Gasteiger partial charge < -0.3 is 19.5 Å². The first kappa shape index (κ1) is 17.1. The Kier molecular flexibility index (Phi) is 5.29. The van der Waals surface area contributed by atoms with Gasteiger partial charge in [0, 0.05) is 13.1 Å². The Balaban J connectivity index is 1.78. The molecule has 0 spiro atoms. The van der Waals surface area contributed by atoms with Crippen LogP contribution in [0.5, 0.6) is 11.5 Å². The lowest BCUT2D eigenvalue weighted by atomic mass is 9.91. The van der Waals surface area contributed by atoms with E-state index in [2.05, 4.69) is 11.9 Å². The van der Waals surface area contributed by atoms with Crippen LogP contribution < -0.4 is 9.47 Å². The minimum Gasteiger partial charge on any atom is -0.493 e. The van der Waals surface area contributed by atoms with Crippen LogP contribution in [0, 0.1) is 5.92 Å². The molecule has 1 aliphatic carbocycles. The van der Waals surface area contributed by atoms with Crippen molar-refractivity contribution in [2.24, 2.45) is 5.92 Å². The van der Waals surface area contributed by atoms with Crippen LogP contribution in [0.3, 0.4) is 0 Å². The topological polar surface area (TPSA) is 59.0 Å². The van der Waals surface area contributed by atoms with E-state index >= 15 is 0 Å². The summed E-state index contributed by atoms with van der Waals surface area (Å²) in [5.41, 5.74) is 1.06. The lowest BCUT2D eigenvalue weighted by molar-refractivity contribution is -0.137. The standard InChI is InChI=1S/C19H27NO4/c1-20-9-7-15(8-10-20)24-18-11-14(5-6-17(18)23-2)16(12-19(21)22)13-3-4-13/h5-6,11,13,15-16H,3-4,7-10,12H2,1-2H3,(H,21,22). The largest absolute Gasteiger partial charge is 0.493 e. The Morgan fingerprint density at radius 3 is 2.54 bits per heavy atom. The molecule has 2 fully saturated rings. The predicted octanol–water partition coefficient (Wildman–Crippen LogP) is 3.14. The van der Waals surface area contributed by atoms with Crippen molar-refractivity contribution in [2.75, 3.05) is 27.2 Å². The summed E-state index contributed by atoms with van der Waals surface area (Å²) in [6.07, 6.45) is 4.63. The smallest absolute Gasteiger partial charge is 0.303 e. The number of ether oxygens (including phenoxy) is 2. The van der Waals surface area contributed by atoms with Crippen molar-refractivity contribution in [3.63, 3.8) is 0 Å². The van der Waals surface area contributed by atoms with Crippen LogP contribution in [-0.2, 0) is 4.79 Å². The maximum Gasteiger partial charge on any atom is 0.303 e. The summed E-state index contributed by atoms with van der Waals surface area (Å²) in [5, 5.41) is 9.22. The molecule has 1 aliphatic heterocycles. The fourth-order valence-corrected chi connectivity index (χ4v) is 3.54. The number of hydrogen-bond donors (Lipinski definition) is 1. The van der Waals surface area contributed by atoms with E-state index < -0.39 is 5.97 Å². The number of aliphatic carboxylic acids is 1. The second-order valence-electron chi connectivity index (χ2n) is 7.07. The minimum absolute atomic E-state index is 0.0771. The number of benzene rings is 1. The number of carboxylic acids is 1. The molecule has 0 radical (unpaired) electrons. The normalized spacial score (nSPS) is 20.6. The molecule has 5 heteroatoms. The second-order valence-corrected chi connectivity index (χ2v) is 7.07. The molecule has 1 unspecified atom stereocenters. The molecule has 0 amide bonds. The first-order valence-electron chi connectivity index (χ1n) is 8.81. The van der Waals surface area contributed by atoms with Gasteiger partial charge in [-0.3, -0.25) is 4.79 Å². The van der Waals surface area contributed by atoms with Gasteiger partial charge in [0.2, 0.25) is 0 Å². The van der Waals surface area contributed by atoms with Gasteiger partial charge in [0.05, 0.1) is 13.5 Å². The zero-order valence-electron chi connectivity index (χ0n) is 14.5. The summed E-state index contributed by atoms with van der Waals surface area (Å²) in [5.74, 6) is 1.31. The molecule has 3 rings (SSSR count). The molecule has 24 heavy (non-hydrogen) atoms. The summed E-state index contributed by atoms with van der Waals surface area (Å²) in [4.78, 5) is 13.5. The van der Waals surface area contributed by atoms with Gasteiger partial charge in [0.25, 0.3) is 0 Å². The van der Waals surface area contributed by atoms with Crippen LogP contribution in [0.25, 0.3) is 0 Å². The van der Waals surface area contributed by atoms with E-state index in [4.69, 9.17) is 9.47 Å². The van der Waals surface area contributed by atoms with Crippen LogP contribution in [-0.4, -0.2) is 49.3 Å². The third-order valence-electron chi connectivity index (χ3n) is 5.16. The number of carbonyl (C=O) groups is 1. The molecule has 0 aromatic heterocycles. The Hall–Kier alpha value is -1.75. The SMILES string of the molecule is COc1ccc(C(CC(=O)O)C2CC2)cc1OC1CCN(C)CC1. The number of carboxylic acid groups (broad SMARTS) is 1. The van der Waals surface area contributed by atoms with E-state index in [9.17, 15) is 9.90 Å². The van der Waals surface area contributed by atoms with E-state index in [1.54, 1.807) is 7.11 Å². The monoisotopic (exact) mass is 333 g/mol. The van der Waals surface area contributed by atoms with Gasteiger partial charge in [-0.2, -0.15) is 0 Å². The molecule has 2 aliphatic rings. The van der Waals surface area contributed by atoms with Crippen molar-refractivity contribution >= 4 is 5.97 Å². The van der Waals surface area contributed by atoms with Crippen LogP contribution >= 0.6 is 0 Å². The van der Waals surface area contributed by atoms with Gasteiger partial charge in [-0.25, -0.2) is 0 Å². The van der Waals surface area contributed by atoms with Crippen molar-refractivity contribution in [3.05, 3.63) is 23.8 Å². The van der Waals surface area contributed by atoms with E-state index in [-0.39, 0.29) is 18.4 Å². The Morgan fingerprint density at radius 2 is 1.96 bits per heavy atom.